The standard InChI is InChI=1S/C13H14N4O/c1-2-10(6-14)13(18)15-7-9-3-4-11-12(5-9)17-8-16-11/h3-5,8,10H,2,7H2,1H3,(H,15,18)(H,16,17). The van der Waals surface area contributed by atoms with Gasteiger partial charge in [-0.25, -0.2) is 4.98 Å². The minimum absolute atomic E-state index is 0.218. The first-order chi connectivity index (χ1) is 8.74. The van der Waals surface area contributed by atoms with Crippen LogP contribution in [0.2, 0.25) is 0 Å². The summed E-state index contributed by atoms with van der Waals surface area (Å²) in [7, 11) is 0. The van der Waals surface area contributed by atoms with Crippen molar-refractivity contribution in [3.05, 3.63) is 30.1 Å². The Hall–Kier alpha value is -2.35. The number of imidazole rings is 1. The molecule has 1 heterocycles. The first-order valence-corrected chi connectivity index (χ1v) is 5.84. The van der Waals surface area contributed by atoms with Crippen molar-refractivity contribution in [2.24, 2.45) is 5.92 Å². The highest BCUT2D eigenvalue weighted by Crippen LogP contribution is 2.11. The van der Waals surface area contributed by atoms with E-state index in [1.54, 1.807) is 6.33 Å². The van der Waals surface area contributed by atoms with Gasteiger partial charge in [-0.1, -0.05) is 13.0 Å². The molecule has 5 heteroatoms. The quantitative estimate of drug-likeness (QED) is 0.856. The summed E-state index contributed by atoms with van der Waals surface area (Å²) in [4.78, 5) is 18.8. The lowest BCUT2D eigenvalue weighted by molar-refractivity contribution is -0.123. The molecule has 1 unspecified atom stereocenters. The van der Waals surface area contributed by atoms with Gasteiger partial charge in [0.05, 0.1) is 23.4 Å². The zero-order chi connectivity index (χ0) is 13.0. The van der Waals surface area contributed by atoms with E-state index in [0.29, 0.717) is 13.0 Å². The van der Waals surface area contributed by atoms with Gasteiger partial charge in [0.25, 0.3) is 0 Å². The van der Waals surface area contributed by atoms with Crippen LogP contribution in [0.5, 0.6) is 0 Å². The second kappa shape index (κ2) is 5.32. The molecule has 0 bridgehead atoms. The van der Waals surface area contributed by atoms with Crippen molar-refractivity contribution in [3.63, 3.8) is 0 Å². The van der Waals surface area contributed by atoms with Crippen LogP contribution in [0.15, 0.2) is 24.5 Å². The highest BCUT2D eigenvalue weighted by atomic mass is 16.1. The van der Waals surface area contributed by atoms with E-state index < -0.39 is 5.92 Å². The smallest absolute Gasteiger partial charge is 0.237 e. The Morgan fingerprint density at radius 1 is 1.61 bits per heavy atom. The minimum atomic E-state index is -0.569. The third-order valence-corrected chi connectivity index (χ3v) is 2.83. The molecule has 2 N–H and O–H groups in total. The van der Waals surface area contributed by atoms with Crippen LogP contribution in [0.1, 0.15) is 18.9 Å². The van der Waals surface area contributed by atoms with Gasteiger partial charge in [-0.05, 0) is 24.1 Å². The minimum Gasteiger partial charge on any atom is -0.351 e. The fourth-order valence-corrected chi connectivity index (χ4v) is 1.74. The molecule has 92 valence electrons. The molecule has 2 aromatic rings. The molecule has 0 aliphatic rings. The fraction of sp³-hybridized carbons (Fsp3) is 0.308. The Morgan fingerprint density at radius 2 is 2.44 bits per heavy atom. The van der Waals surface area contributed by atoms with Crippen molar-refractivity contribution in [2.45, 2.75) is 19.9 Å². The van der Waals surface area contributed by atoms with Crippen molar-refractivity contribution in [1.82, 2.24) is 15.3 Å². The summed E-state index contributed by atoms with van der Waals surface area (Å²) in [6.07, 6.45) is 2.16. The Labute approximate surface area is 105 Å². The number of carbonyl (C=O) groups excluding carboxylic acids is 1. The average Bonchev–Trinajstić information content (AvgIpc) is 2.85. The predicted molar refractivity (Wildman–Crippen MR) is 67.3 cm³/mol. The van der Waals surface area contributed by atoms with Crippen LogP contribution in [0.25, 0.3) is 11.0 Å². The summed E-state index contributed by atoms with van der Waals surface area (Å²) in [5, 5.41) is 11.5. The third-order valence-electron chi connectivity index (χ3n) is 2.83. The van der Waals surface area contributed by atoms with Crippen molar-refractivity contribution in [3.8, 4) is 6.07 Å². The number of hydrogen-bond acceptors (Lipinski definition) is 3. The Balaban J connectivity index is 2.01. The van der Waals surface area contributed by atoms with E-state index in [1.807, 2.05) is 31.2 Å². The first kappa shape index (κ1) is 12.1. The van der Waals surface area contributed by atoms with Crippen LogP contribution < -0.4 is 5.32 Å². The Morgan fingerprint density at radius 3 is 3.17 bits per heavy atom. The van der Waals surface area contributed by atoms with Gasteiger partial charge in [-0.3, -0.25) is 4.79 Å². The number of fused-ring (bicyclic) bond motifs is 1. The van der Waals surface area contributed by atoms with E-state index in [4.69, 9.17) is 5.26 Å². The van der Waals surface area contributed by atoms with Crippen molar-refractivity contribution in [1.29, 1.82) is 5.26 Å². The molecular formula is C13H14N4O. The second-order valence-corrected chi connectivity index (χ2v) is 4.06. The monoisotopic (exact) mass is 242 g/mol. The molecule has 0 aliphatic carbocycles. The molecule has 2 rings (SSSR count). The normalized spacial score (nSPS) is 12.0. The molecule has 0 spiro atoms. The van der Waals surface area contributed by atoms with Crippen molar-refractivity contribution in [2.75, 3.05) is 0 Å². The molecule has 1 atom stereocenters. The van der Waals surface area contributed by atoms with E-state index in [1.165, 1.54) is 0 Å². The lowest BCUT2D eigenvalue weighted by Gasteiger charge is -2.08. The zero-order valence-electron chi connectivity index (χ0n) is 10.1. The first-order valence-electron chi connectivity index (χ1n) is 5.84. The maximum Gasteiger partial charge on any atom is 0.237 e. The number of nitrogens with one attached hydrogen (secondary N) is 2. The highest BCUT2D eigenvalue weighted by Gasteiger charge is 2.14. The SMILES string of the molecule is CCC(C#N)C(=O)NCc1ccc2nc[nH]c2c1. The molecular weight excluding hydrogens is 228 g/mol. The van der Waals surface area contributed by atoms with Gasteiger partial charge >= 0.3 is 0 Å². The molecule has 1 aromatic heterocycles. The number of amides is 1. The van der Waals surface area contributed by atoms with Gasteiger partial charge in [0, 0.05) is 6.54 Å². The fourth-order valence-electron chi connectivity index (χ4n) is 1.74. The van der Waals surface area contributed by atoms with Crippen molar-refractivity contribution >= 4 is 16.9 Å². The molecule has 0 radical (unpaired) electrons. The third kappa shape index (κ3) is 2.48. The molecule has 1 aromatic carbocycles. The lowest BCUT2D eigenvalue weighted by Crippen LogP contribution is -2.29. The van der Waals surface area contributed by atoms with E-state index in [9.17, 15) is 4.79 Å². The number of nitrogens with zero attached hydrogens (tertiary/aromatic N) is 2. The molecule has 18 heavy (non-hydrogen) atoms. The summed E-state index contributed by atoms with van der Waals surface area (Å²) >= 11 is 0. The van der Waals surface area contributed by atoms with Crippen LogP contribution in [-0.4, -0.2) is 15.9 Å². The number of nitriles is 1. The summed E-state index contributed by atoms with van der Waals surface area (Å²) in [6, 6.07) is 7.74. The number of H-pyrrole nitrogens is 1. The van der Waals surface area contributed by atoms with Crippen LogP contribution in [0.4, 0.5) is 0 Å². The predicted octanol–water partition coefficient (Wildman–Crippen LogP) is 1.73. The highest BCUT2D eigenvalue weighted by molar-refractivity contribution is 5.81. The van der Waals surface area contributed by atoms with Gasteiger partial charge in [0.1, 0.15) is 5.92 Å². The topological polar surface area (TPSA) is 81.6 Å². The van der Waals surface area contributed by atoms with E-state index in [0.717, 1.165) is 16.6 Å². The zero-order valence-corrected chi connectivity index (χ0v) is 10.1. The second-order valence-electron chi connectivity index (χ2n) is 4.06. The maximum atomic E-state index is 11.6. The van der Waals surface area contributed by atoms with E-state index in [-0.39, 0.29) is 5.91 Å². The molecule has 5 nitrogen and oxygen atoms in total. The number of rotatable bonds is 4. The van der Waals surface area contributed by atoms with Gasteiger partial charge in [0.15, 0.2) is 0 Å². The number of aromatic amines is 1. The summed E-state index contributed by atoms with van der Waals surface area (Å²) in [6.45, 7) is 2.25. The number of hydrogen-bond donors (Lipinski definition) is 2. The van der Waals surface area contributed by atoms with E-state index >= 15 is 0 Å². The van der Waals surface area contributed by atoms with Gasteiger partial charge in [0.2, 0.25) is 5.91 Å². The van der Waals surface area contributed by atoms with Crippen LogP contribution in [0.3, 0.4) is 0 Å². The number of carbonyl (C=O) groups is 1. The molecule has 0 fully saturated rings. The molecule has 0 saturated carbocycles. The summed E-state index contributed by atoms with van der Waals surface area (Å²) in [5.74, 6) is -0.786. The molecule has 0 saturated heterocycles. The Kier molecular flexibility index (Phi) is 3.58. The summed E-state index contributed by atoms with van der Waals surface area (Å²) < 4.78 is 0. The molecule has 0 aliphatic heterocycles. The van der Waals surface area contributed by atoms with Gasteiger partial charge in [-0.15, -0.1) is 0 Å². The maximum absolute atomic E-state index is 11.6. The Bertz CT molecular complexity index is 596. The van der Waals surface area contributed by atoms with E-state index in [2.05, 4.69) is 15.3 Å². The van der Waals surface area contributed by atoms with Crippen LogP contribution in [-0.2, 0) is 11.3 Å². The molecule has 1 amide bonds. The van der Waals surface area contributed by atoms with Gasteiger partial charge < -0.3 is 10.3 Å². The van der Waals surface area contributed by atoms with Crippen molar-refractivity contribution < 1.29 is 4.79 Å². The van der Waals surface area contributed by atoms with Crippen LogP contribution >= 0.6 is 0 Å². The number of aromatic nitrogens is 2. The van der Waals surface area contributed by atoms with Crippen LogP contribution in [0, 0.1) is 17.2 Å². The largest absolute Gasteiger partial charge is 0.351 e. The van der Waals surface area contributed by atoms with Gasteiger partial charge in [-0.2, -0.15) is 5.26 Å². The summed E-state index contributed by atoms with van der Waals surface area (Å²) in [5.41, 5.74) is 2.82. The number of benzene rings is 1. The average molecular weight is 242 g/mol. The lowest BCUT2D eigenvalue weighted by atomic mass is 10.1.